The number of benzene rings is 1. The summed E-state index contributed by atoms with van der Waals surface area (Å²) in [5.74, 6) is 0. The van der Waals surface area contributed by atoms with E-state index in [-0.39, 0.29) is 10.3 Å². The van der Waals surface area contributed by atoms with Crippen molar-refractivity contribution in [2.24, 2.45) is 5.10 Å². The van der Waals surface area contributed by atoms with Crippen molar-refractivity contribution in [1.29, 1.82) is 0 Å². The molecule has 2 aromatic rings. The predicted octanol–water partition coefficient (Wildman–Crippen LogP) is 2.05. The van der Waals surface area contributed by atoms with Crippen LogP contribution in [-0.4, -0.2) is 21.1 Å². The molecule has 0 radical (unpaired) electrons. The number of aromatic nitrogens is 3. The van der Waals surface area contributed by atoms with Crippen LogP contribution in [0.3, 0.4) is 0 Å². The minimum atomic E-state index is -0.315. The van der Waals surface area contributed by atoms with E-state index in [2.05, 4.69) is 22.2 Å². The molecular weight excluding hydrogens is 260 g/mol. The third-order valence-corrected chi connectivity index (χ3v) is 2.99. The molecule has 1 N–H and O–H groups in total. The van der Waals surface area contributed by atoms with Gasteiger partial charge in [-0.05, 0) is 36.7 Å². The van der Waals surface area contributed by atoms with E-state index in [0.717, 1.165) is 16.7 Å². The van der Waals surface area contributed by atoms with Gasteiger partial charge in [-0.1, -0.05) is 31.2 Å². The highest BCUT2D eigenvalue weighted by Gasteiger charge is 2.00. The van der Waals surface area contributed by atoms with Crippen molar-refractivity contribution < 1.29 is 0 Å². The van der Waals surface area contributed by atoms with Crippen molar-refractivity contribution in [1.82, 2.24) is 14.9 Å². The van der Waals surface area contributed by atoms with Gasteiger partial charge in [-0.2, -0.15) is 14.9 Å². The van der Waals surface area contributed by atoms with Crippen LogP contribution in [0, 0.1) is 11.7 Å². The molecule has 1 aromatic carbocycles. The second-order valence-electron chi connectivity index (χ2n) is 4.07. The lowest BCUT2D eigenvalue weighted by Crippen LogP contribution is -2.22. The van der Waals surface area contributed by atoms with Crippen LogP contribution in [0.1, 0.15) is 23.7 Å². The zero-order valence-corrected chi connectivity index (χ0v) is 11.6. The van der Waals surface area contributed by atoms with Gasteiger partial charge in [-0.3, -0.25) is 9.89 Å². The van der Waals surface area contributed by atoms with Gasteiger partial charge in [0.2, 0.25) is 4.77 Å². The Bertz CT molecular complexity index is 713. The summed E-state index contributed by atoms with van der Waals surface area (Å²) in [5.41, 5.74) is 2.18. The lowest BCUT2D eigenvalue weighted by molar-refractivity contribution is 0.720. The molecule has 1 aromatic heterocycles. The molecule has 0 aliphatic heterocycles. The molecule has 0 atom stereocenters. The van der Waals surface area contributed by atoms with E-state index in [1.807, 2.05) is 24.3 Å². The number of hydrogen-bond donors (Lipinski definition) is 1. The van der Waals surface area contributed by atoms with Crippen molar-refractivity contribution in [2.75, 3.05) is 0 Å². The third kappa shape index (κ3) is 3.03. The average molecular weight is 274 g/mol. The molecule has 0 bridgehead atoms. The van der Waals surface area contributed by atoms with Gasteiger partial charge in [-0.25, -0.2) is 0 Å². The van der Waals surface area contributed by atoms with Crippen LogP contribution >= 0.6 is 12.2 Å². The number of rotatable bonds is 3. The molecule has 6 heteroatoms. The van der Waals surface area contributed by atoms with Crippen LogP contribution < -0.4 is 5.56 Å². The monoisotopic (exact) mass is 274 g/mol. The van der Waals surface area contributed by atoms with Crippen LogP contribution in [0.5, 0.6) is 0 Å². The highest BCUT2D eigenvalue weighted by molar-refractivity contribution is 7.71. The topological polar surface area (TPSA) is 63.0 Å². The van der Waals surface area contributed by atoms with Gasteiger partial charge in [0, 0.05) is 0 Å². The molecule has 98 valence electrons. The second kappa shape index (κ2) is 5.71. The Hall–Kier alpha value is -2.08. The van der Waals surface area contributed by atoms with Crippen LogP contribution in [0.4, 0.5) is 0 Å². The van der Waals surface area contributed by atoms with E-state index < -0.39 is 0 Å². The van der Waals surface area contributed by atoms with Crippen molar-refractivity contribution in [3.63, 3.8) is 0 Å². The molecule has 0 saturated carbocycles. The molecule has 5 nitrogen and oxygen atoms in total. The molecule has 0 aliphatic carbocycles. The minimum absolute atomic E-state index is 0.178. The Morgan fingerprint density at radius 1 is 1.42 bits per heavy atom. The van der Waals surface area contributed by atoms with Gasteiger partial charge < -0.3 is 0 Å². The van der Waals surface area contributed by atoms with E-state index in [4.69, 9.17) is 12.2 Å². The Balaban J connectivity index is 2.35. The summed E-state index contributed by atoms with van der Waals surface area (Å²) < 4.78 is 1.31. The van der Waals surface area contributed by atoms with Gasteiger partial charge >= 0.3 is 0 Å². The fourth-order valence-electron chi connectivity index (χ4n) is 1.54. The van der Waals surface area contributed by atoms with E-state index >= 15 is 0 Å². The first kappa shape index (κ1) is 13.4. The summed E-state index contributed by atoms with van der Waals surface area (Å²) in [5, 5.41) is 10.5. The fourth-order valence-corrected chi connectivity index (χ4v) is 1.72. The Morgan fingerprint density at radius 2 is 2.11 bits per heavy atom. The normalized spacial score (nSPS) is 11.1. The molecule has 0 aliphatic rings. The van der Waals surface area contributed by atoms with Crippen molar-refractivity contribution in [3.05, 3.63) is 56.2 Å². The zero-order chi connectivity index (χ0) is 13.8. The third-order valence-electron chi connectivity index (χ3n) is 2.72. The molecule has 0 spiro atoms. The van der Waals surface area contributed by atoms with E-state index in [1.54, 1.807) is 13.1 Å². The fraction of sp³-hybridized carbons (Fsp3) is 0.231. The van der Waals surface area contributed by atoms with E-state index in [0.29, 0.717) is 5.69 Å². The zero-order valence-electron chi connectivity index (χ0n) is 10.8. The molecular formula is C13H14N4OS. The van der Waals surface area contributed by atoms with Gasteiger partial charge in [0.15, 0.2) is 0 Å². The Morgan fingerprint density at radius 3 is 2.74 bits per heavy atom. The van der Waals surface area contributed by atoms with Crippen LogP contribution in [0.15, 0.2) is 34.2 Å². The number of nitrogens with zero attached hydrogens (tertiary/aromatic N) is 3. The number of aromatic amines is 1. The molecule has 0 fully saturated rings. The maximum atomic E-state index is 11.8. The first-order chi connectivity index (χ1) is 9.11. The maximum absolute atomic E-state index is 11.8. The van der Waals surface area contributed by atoms with Crippen molar-refractivity contribution >= 4 is 18.4 Å². The minimum Gasteiger partial charge on any atom is -0.265 e. The van der Waals surface area contributed by atoms with E-state index in [9.17, 15) is 4.79 Å². The van der Waals surface area contributed by atoms with E-state index in [1.165, 1.54) is 5.56 Å². The Labute approximate surface area is 115 Å². The Kier molecular flexibility index (Phi) is 4.01. The maximum Gasteiger partial charge on any atom is 0.296 e. The lowest BCUT2D eigenvalue weighted by atomic mass is 10.1. The number of H-pyrrole nitrogens is 1. The first-order valence-corrected chi connectivity index (χ1v) is 6.34. The molecule has 0 unspecified atom stereocenters. The standard InChI is InChI=1S/C13H14N4OS/c1-3-10-4-6-11(7-5-10)8-14-17-12(18)9(2)15-16-13(17)19/h4-8H,3H2,1-2H3,(H,16,19). The molecule has 1 heterocycles. The lowest BCUT2D eigenvalue weighted by Gasteiger charge is -2.00. The molecule has 0 amide bonds. The number of aryl methyl sites for hydroxylation is 2. The molecule has 2 rings (SSSR count). The van der Waals surface area contributed by atoms with Gasteiger partial charge in [0.1, 0.15) is 5.69 Å². The predicted molar refractivity (Wildman–Crippen MR) is 77.2 cm³/mol. The largest absolute Gasteiger partial charge is 0.296 e. The van der Waals surface area contributed by atoms with Gasteiger partial charge in [-0.15, -0.1) is 0 Å². The molecule has 0 saturated heterocycles. The van der Waals surface area contributed by atoms with Crippen molar-refractivity contribution in [3.8, 4) is 0 Å². The van der Waals surface area contributed by atoms with Gasteiger partial charge in [0.05, 0.1) is 6.21 Å². The van der Waals surface area contributed by atoms with Gasteiger partial charge in [0.25, 0.3) is 5.56 Å². The number of nitrogens with one attached hydrogen (secondary N) is 1. The highest BCUT2D eigenvalue weighted by Crippen LogP contribution is 2.02. The SMILES string of the molecule is CCc1ccc(C=Nn2c(=S)[nH]nc(C)c2=O)cc1. The summed E-state index contributed by atoms with van der Waals surface area (Å²) in [4.78, 5) is 11.8. The van der Waals surface area contributed by atoms with Crippen LogP contribution in [0.2, 0.25) is 0 Å². The molecule has 19 heavy (non-hydrogen) atoms. The smallest absolute Gasteiger partial charge is 0.265 e. The summed E-state index contributed by atoms with van der Waals surface area (Å²) in [6.45, 7) is 3.71. The van der Waals surface area contributed by atoms with Crippen LogP contribution in [0.25, 0.3) is 0 Å². The second-order valence-corrected chi connectivity index (χ2v) is 4.46. The summed E-state index contributed by atoms with van der Waals surface area (Å²) in [7, 11) is 0. The number of hydrogen-bond acceptors (Lipinski definition) is 4. The quantitative estimate of drug-likeness (QED) is 0.688. The highest BCUT2D eigenvalue weighted by atomic mass is 32.1. The first-order valence-electron chi connectivity index (χ1n) is 5.93. The van der Waals surface area contributed by atoms with Crippen LogP contribution in [-0.2, 0) is 6.42 Å². The summed E-state index contributed by atoms with van der Waals surface area (Å²) in [6, 6.07) is 7.97. The van der Waals surface area contributed by atoms with Crippen molar-refractivity contribution in [2.45, 2.75) is 20.3 Å². The summed E-state index contributed by atoms with van der Waals surface area (Å²) >= 11 is 4.99. The average Bonchev–Trinajstić information content (AvgIpc) is 2.44. The summed E-state index contributed by atoms with van der Waals surface area (Å²) in [6.07, 6.45) is 2.59.